The first-order valence-corrected chi connectivity index (χ1v) is 10.0. The second-order valence-corrected chi connectivity index (χ2v) is 7.76. The van der Waals surface area contributed by atoms with E-state index in [2.05, 4.69) is 10.2 Å². The van der Waals surface area contributed by atoms with Crippen molar-refractivity contribution in [2.45, 2.75) is 25.0 Å². The van der Waals surface area contributed by atoms with E-state index in [4.69, 9.17) is 9.47 Å². The fraction of sp³-hybridized carbons (Fsp3) is 0.450. The van der Waals surface area contributed by atoms with E-state index in [1.807, 2.05) is 41.1 Å². The number of hydrogen-bond acceptors (Lipinski definition) is 6. The lowest BCUT2D eigenvalue weighted by atomic mass is 9.86. The van der Waals surface area contributed by atoms with E-state index in [1.165, 1.54) is 0 Å². The van der Waals surface area contributed by atoms with Gasteiger partial charge in [-0.1, -0.05) is 0 Å². The van der Waals surface area contributed by atoms with Crippen LogP contribution in [0.5, 0.6) is 5.75 Å². The highest BCUT2D eigenvalue weighted by molar-refractivity contribution is 7.08. The lowest BCUT2D eigenvalue weighted by molar-refractivity contribution is -0.159. The van der Waals surface area contributed by atoms with E-state index >= 15 is 0 Å². The molecule has 3 aliphatic heterocycles. The molecule has 5 rings (SSSR count). The lowest BCUT2D eigenvalue weighted by Crippen LogP contribution is -2.52. The first kappa shape index (κ1) is 17.4. The van der Waals surface area contributed by atoms with E-state index in [-0.39, 0.29) is 12.1 Å². The van der Waals surface area contributed by atoms with Crippen LogP contribution in [0.3, 0.4) is 0 Å². The number of carbonyl (C=O) groups excluding carboxylic acids is 1. The molecular formula is C20H24N2O3S. The van der Waals surface area contributed by atoms with Gasteiger partial charge < -0.3 is 14.8 Å². The van der Waals surface area contributed by atoms with Gasteiger partial charge in [-0.3, -0.25) is 4.90 Å². The Morgan fingerprint density at radius 3 is 2.58 bits per heavy atom. The molecule has 2 atom stereocenters. The molecule has 0 radical (unpaired) electrons. The molecule has 1 unspecified atom stereocenters. The van der Waals surface area contributed by atoms with Crippen molar-refractivity contribution < 1.29 is 14.3 Å². The number of fused-ring (bicyclic) bond motifs is 3. The molecule has 1 aromatic carbocycles. The second kappa shape index (κ2) is 7.68. The Balaban J connectivity index is 1.48. The standard InChI is InChI=1S/C20H24N2O3S/c1-24-17-4-2-16(3-5-17)21-19(15-8-11-26-13-15)20(23)25-18-12-22-9-6-14(18)7-10-22/h2-5,8,11,13-14,18-19,21H,6-7,9-10,12H2,1H3/t18-,19?/m0/s1. The number of benzene rings is 1. The maximum atomic E-state index is 13.0. The van der Waals surface area contributed by atoms with E-state index in [9.17, 15) is 4.79 Å². The summed E-state index contributed by atoms with van der Waals surface area (Å²) in [6.07, 6.45) is 2.28. The van der Waals surface area contributed by atoms with Crippen LogP contribution < -0.4 is 10.1 Å². The normalized spacial score (nSPS) is 25.5. The van der Waals surface area contributed by atoms with Crippen molar-refractivity contribution in [3.63, 3.8) is 0 Å². The first-order valence-electron chi connectivity index (χ1n) is 9.08. The topological polar surface area (TPSA) is 50.8 Å². The van der Waals surface area contributed by atoms with E-state index in [1.54, 1.807) is 18.4 Å². The summed E-state index contributed by atoms with van der Waals surface area (Å²) in [4.78, 5) is 15.4. The largest absolute Gasteiger partial charge is 0.497 e. The molecular weight excluding hydrogens is 348 g/mol. The van der Waals surface area contributed by atoms with Gasteiger partial charge in [-0.25, -0.2) is 4.79 Å². The molecule has 3 saturated heterocycles. The van der Waals surface area contributed by atoms with Gasteiger partial charge in [-0.2, -0.15) is 11.3 Å². The third-order valence-corrected chi connectivity index (χ3v) is 6.08. The monoisotopic (exact) mass is 372 g/mol. The van der Waals surface area contributed by atoms with Crippen molar-refractivity contribution >= 4 is 23.0 Å². The molecule has 0 aliphatic carbocycles. The summed E-state index contributed by atoms with van der Waals surface area (Å²) < 4.78 is 11.2. The third-order valence-electron chi connectivity index (χ3n) is 5.38. The van der Waals surface area contributed by atoms with Crippen molar-refractivity contribution in [3.05, 3.63) is 46.7 Å². The van der Waals surface area contributed by atoms with Crippen LogP contribution in [-0.4, -0.2) is 43.7 Å². The highest BCUT2D eigenvalue weighted by Gasteiger charge is 2.37. The number of hydrogen-bond donors (Lipinski definition) is 1. The fourth-order valence-electron chi connectivity index (χ4n) is 3.83. The zero-order valence-corrected chi connectivity index (χ0v) is 15.7. The zero-order valence-electron chi connectivity index (χ0n) is 14.9. The van der Waals surface area contributed by atoms with E-state index in [0.29, 0.717) is 5.92 Å². The summed E-state index contributed by atoms with van der Waals surface area (Å²) in [5.74, 6) is 1.10. The fourth-order valence-corrected chi connectivity index (χ4v) is 4.52. The number of anilines is 1. The number of nitrogens with one attached hydrogen (secondary N) is 1. The third kappa shape index (κ3) is 3.71. The van der Waals surface area contributed by atoms with Gasteiger partial charge in [-0.15, -0.1) is 0 Å². The Morgan fingerprint density at radius 2 is 2.00 bits per heavy atom. The van der Waals surface area contributed by atoms with Gasteiger partial charge in [0.05, 0.1) is 7.11 Å². The van der Waals surface area contributed by atoms with Crippen LogP contribution in [0.15, 0.2) is 41.1 Å². The van der Waals surface area contributed by atoms with Crippen molar-refractivity contribution in [2.75, 3.05) is 32.1 Å². The van der Waals surface area contributed by atoms with Crippen LogP contribution in [0, 0.1) is 5.92 Å². The second-order valence-electron chi connectivity index (χ2n) is 6.98. The van der Waals surface area contributed by atoms with Gasteiger partial charge >= 0.3 is 5.97 Å². The molecule has 2 aromatic rings. The summed E-state index contributed by atoms with van der Waals surface area (Å²) in [5, 5.41) is 7.31. The van der Waals surface area contributed by atoms with Crippen molar-refractivity contribution in [2.24, 2.45) is 5.92 Å². The Hall–Kier alpha value is -2.05. The molecule has 6 heteroatoms. The molecule has 1 aromatic heterocycles. The summed E-state index contributed by atoms with van der Waals surface area (Å²) >= 11 is 1.58. The van der Waals surface area contributed by atoms with Crippen LogP contribution in [-0.2, 0) is 9.53 Å². The molecule has 0 amide bonds. The van der Waals surface area contributed by atoms with Gasteiger partial charge in [0.15, 0.2) is 6.04 Å². The SMILES string of the molecule is COc1ccc(NC(C(=O)O[C@H]2CN3CCC2CC3)c2ccsc2)cc1. The number of ether oxygens (including phenoxy) is 2. The molecule has 3 aliphatic rings. The maximum Gasteiger partial charge on any atom is 0.333 e. The average Bonchev–Trinajstić information content (AvgIpc) is 3.22. The number of nitrogens with zero attached hydrogens (tertiary/aromatic N) is 1. The molecule has 4 heterocycles. The van der Waals surface area contributed by atoms with Crippen LogP contribution in [0.25, 0.3) is 0 Å². The van der Waals surface area contributed by atoms with Crippen molar-refractivity contribution in [1.82, 2.24) is 4.90 Å². The number of carbonyl (C=O) groups is 1. The van der Waals surface area contributed by atoms with Gasteiger partial charge in [0.25, 0.3) is 0 Å². The van der Waals surface area contributed by atoms with Crippen molar-refractivity contribution in [1.29, 1.82) is 0 Å². The molecule has 0 spiro atoms. The Morgan fingerprint density at radius 1 is 1.23 bits per heavy atom. The first-order chi connectivity index (χ1) is 12.7. The molecule has 138 valence electrons. The molecule has 3 fully saturated rings. The highest BCUT2D eigenvalue weighted by Crippen LogP contribution is 2.32. The van der Waals surface area contributed by atoms with Gasteiger partial charge in [-0.05, 0) is 78.5 Å². The van der Waals surface area contributed by atoms with Gasteiger partial charge in [0.2, 0.25) is 0 Å². The Bertz CT molecular complexity index is 724. The number of methoxy groups -OCH3 is 1. The highest BCUT2D eigenvalue weighted by atomic mass is 32.1. The van der Waals surface area contributed by atoms with Gasteiger partial charge in [0, 0.05) is 12.2 Å². The summed E-state index contributed by atoms with van der Waals surface area (Å²) in [6.45, 7) is 3.14. The average molecular weight is 372 g/mol. The number of thiophene rings is 1. The molecule has 0 saturated carbocycles. The number of esters is 1. The minimum atomic E-state index is -0.495. The molecule has 1 N–H and O–H groups in total. The minimum absolute atomic E-state index is 0.0174. The smallest absolute Gasteiger partial charge is 0.333 e. The number of rotatable bonds is 6. The minimum Gasteiger partial charge on any atom is -0.497 e. The maximum absolute atomic E-state index is 13.0. The molecule has 2 bridgehead atoms. The van der Waals surface area contributed by atoms with E-state index < -0.39 is 6.04 Å². The quantitative estimate of drug-likeness (QED) is 0.786. The Kier molecular flexibility index (Phi) is 5.13. The summed E-state index contributed by atoms with van der Waals surface area (Å²) in [6, 6.07) is 9.07. The van der Waals surface area contributed by atoms with Crippen LogP contribution >= 0.6 is 11.3 Å². The number of piperidine rings is 3. The summed E-state index contributed by atoms with van der Waals surface area (Å²) in [7, 11) is 1.64. The molecule has 5 nitrogen and oxygen atoms in total. The predicted molar refractivity (Wildman–Crippen MR) is 103 cm³/mol. The van der Waals surface area contributed by atoms with Crippen LogP contribution in [0.1, 0.15) is 24.4 Å². The van der Waals surface area contributed by atoms with Crippen molar-refractivity contribution in [3.8, 4) is 5.75 Å². The zero-order chi connectivity index (χ0) is 17.9. The van der Waals surface area contributed by atoms with Gasteiger partial charge in [0.1, 0.15) is 11.9 Å². The Labute approximate surface area is 157 Å². The lowest BCUT2D eigenvalue weighted by Gasteiger charge is -2.44. The summed E-state index contributed by atoms with van der Waals surface area (Å²) in [5.41, 5.74) is 1.81. The van der Waals surface area contributed by atoms with Crippen LogP contribution in [0.4, 0.5) is 5.69 Å². The van der Waals surface area contributed by atoms with Crippen LogP contribution in [0.2, 0.25) is 0 Å². The van der Waals surface area contributed by atoms with E-state index in [0.717, 1.165) is 49.5 Å². The molecule has 26 heavy (non-hydrogen) atoms. The predicted octanol–water partition coefficient (Wildman–Crippen LogP) is 3.55.